The van der Waals surface area contributed by atoms with Gasteiger partial charge < -0.3 is 4.74 Å². The molecule has 0 aliphatic rings. The van der Waals surface area contributed by atoms with Crippen molar-refractivity contribution in [3.05, 3.63) is 23.8 Å². The highest BCUT2D eigenvalue weighted by molar-refractivity contribution is 8.00. The fraction of sp³-hybridized carbons (Fsp3) is 0.455. The molecule has 1 nitrogen and oxygen atoms in total. The van der Waals surface area contributed by atoms with Crippen LogP contribution in [0.4, 0.5) is 22.0 Å². The predicted octanol–water partition coefficient (Wildman–Crippen LogP) is 5.07. The van der Waals surface area contributed by atoms with E-state index in [1.54, 1.807) is 0 Å². The molecule has 19 heavy (non-hydrogen) atoms. The summed E-state index contributed by atoms with van der Waals surface area (Å²) in [5.41, 5.74) is -3.96. The van der Waals surface area contributed by atoms with Gasteiger partial charge in [-0.3, -0.25) is 0 Å². The maximum Gasteiger partial charge on any atom is 0.446 e. The fourth-order valence-corrected chi connectivity index (χ4v) is 2.10. The van der Waals surface area contributed by atoms with E-state index in [2.05, 4.69) is 4.74 Å². The van der Waals surface area contributed by atoms with Gasteiger partial charge >= 0.3 is 12.1 Å². The van der Waals surface area contributed by atoms with Crippen LogP contribution >= 0.6 is 23.4 Å². The lowest BCUT2D eigenvalue weighted by atomic mass is 10.1. The largest absolute Gasteiger partial charge is 0.446 e. The van der Waals surface area contributed by atoms with Crippen molar-refractivity contribution in [2.24, 2.45) is 0 Å². The van der Waals surface area contributed by atoms with E-state index in [4.69, 9.17) is 11.6 Å². The molecule has 0 N–H and O–H groups in total. The van der Waals surface area contributed by atoms with Crippen LogP contribution in [0.2, 0.25) is 0 Å². The average molecular weight is 321 g/mol. The van der Waals surface area contributed by atoms with E-state index in [9.17, 15) is 22.0 Å². The van der Waals surface area contributed by atoms with Crippen LogP contribution in [0, 0.1) is 0 Å². The molecule has 108 valence electrons. The summed E-state index contributed by atoms with van der Waals surface area (Å²) in [6.45, 7) is -3.17. The van der Waals surface area contributed by atoms with Crippen molar-refractivity contribution in [2.75, 3.05) is 5.88 Å². The van der Waals surface area contributed by atoms with E-state index in [0.717, 1.165) is 6.07 Å². The molecule has 0 aromatic heterocycles. The Morgan fingerprint density at radius 1 is 1.26 bits per heavy atom. The molecular formula is C11H10ClF5OS. The summed E-state index contributed by atoms with van der Waals surface area (Å²) in [6, 6.07) is 3.76. The number of aryl methyl sites for hydroxylation is 1. The zero-order valence-corrected chi connectivity index (χ0v) is 11.1. The average Bonchev–Trinajstić information content (AvgIpc) is 2.27. The zero-order valence-electron chi connectivity index (χ0n) is 9.52. The van der Waals surface area contributed by atoms with E-state index in [-0.39, 0.29) is 4.90 Å². The van der Waals surface area contributed by atoms with Gasteiger partial charge in [0.15, 0.2) is 0 Å². The van der Waals surface area contributed by atoms with Crippen LogP contribution in [0.25, 0.3) is 0 Å². The van der Waals surface area contributed by atoms with Crippen LogP contribution in [-0.2, 0) is 6.42 Å². The van der Waals surface area contributed by atoms with Gasteiger partial charge in [-0.2, -0.15) is 22.0 Å². The Kier molecular flexibility index (Phi) is 6.19. The monoisotopic (exact) mass is 320 g/mol. The summed E-state index contributed by atoms with van der Waals surface area (Å²) in [7, 11) is 0. The highest BCUT2D eigenvalue weighted by atomic mass is 35.5. The molecule has 0 amide bonds. The number of rotatable bonds is 6. The van der Waals surface area contributed by atoms with Gasteiger partial charge in [0.1, 0.15) is 5.75 Å². The molecular weight excluding hydrogens is 311 g/mol. The minimum Gasteiger partial charge on any atom is -0.434 e. The second kappa shape index (κ2) is 7.19. The van der Waals surface area contributed by atoms with Crippen molar-refractivity contribution in [2.45, 2.75) is 29.9 Å². The molecule has 1 aromatic carbocycles. The lowest BCUT2D eigenvalue weighted by Crippen LogP contribution is -2.06. The molecule has 1 aromatic rings. The molecule has 8 heteroatoms. The van der Waals surface area contributed by atoms with Crippen molar-refractivity contribution in [3.8, 4) is 5.75 Å². The van der Waals surface area contributed by atoms with Crippen LogP contribution in [0.1, 0.15) is 12.0 Å². The van der Waals surface area contributed by atoms with E-state index >= 15 is 0 Å². The van der Waals surface area contributed by atoms with Gasteiger partial charge in [-0.1, -0.05) is 6.07 Å². The second-order valence-corrected chi connectivity index (χ2v) is 4.98. The lowest BCUT2D eigenvalue weighted by molar-refractivity contribution is -0.0528. The first-order valence-corrected chi connectivity index (χ1v) is 6.56. The highest BCUT2D eigenvalue weighted by Crippen LogP contribution is 2.42. The first kappa shape index (κ1) is 16.4. The minimum absolute atomic E-state index is 0.379. The molecule has 0 aliphatic carbocycles. The first-order valence-electron chi connectivity index (χ1n) is 5.21. The number of alkyl halides is 6. The number of hydrogen-bond acceptors (Lipinski definition) is 2. The van der Waals surface area contributed by atoms with Crippen LogP contribution in [0.5, 0.6) is 5.75 Å². The van der Waals surface area contributed by atoms with Crippen LogP contribution in [0.3, 0.4) is 0 Å². The van der Waals surface area contributed by atoms with Gasteiger partial charge in [0, 0.05) is 5.88 Å². The van der Waals surface area contributed by atoms with Gasteiger partial charge in [-0.05, 0) is 42.3 Å². The number of hydrogen-bond donors (Lipinski definition) is 0. The molecule has 0 atom stereocenters. The highest BCUT2D eigenvalue weighted by Gasteiger charge is 2.31. The van der Waals surface area contributed by atoms with Gasteiger partial charge in [0.05, 0.1) is 4.90 Å². The smallest absolute Gasteiger partial charge is 0.434 e. The molecule has 0 heterocycles. The Bertz CT molecular complexity index is 411. The molecule has 0 radical (unpaired) electrons. The van der Waals surface area contributed by atoms with Crippen LogP contribution in [0.15, 0.2) is 23.1 Å². The molecule has 0 saturated heterocycles. The van der Waals surface area contributed by atoms with Crippen LogP contribution in [-0.4, -0.2) is 18.0 Å². The zero-order chi connectivity index (χ0) is 14.5. The Balaban J connectivity index is 2.95. The van der Waals surface area contributed by atoms with E-state index in [1.807, 2.05) is 0 Å². The molecule has 0 saturated carbocycles. The SMILES string of the molecule is FC(F)Oc1cc(CCCCl)ccc1SC(F)(F)F. The molecule has 0 unspecified atom stereocenters. The second-order valence-electron chi connectivity index (χ2n) is 3.50. The van der Waals surface area contributed by atoms with E-state index in [0.29, 0.717) is 24.3 Å². The Morgan fingerprint density at radius 3 is 2.47 bits per heavy atom. The maximum absolute atomic E-state index is 12.3. The molecule has 0 spiro atoms. The van der Waals surface area contributed by atoms with Gasteiger partial charge in [-0.25, -0.2) is 0 Å². The normalized spacial score (nSPS) is 11.9. The molecule has 1 rings (SSSR count). The third-order valence-electron chi connectivity index (χ3n) is 2.05. The van der Waals surface area contributed by atoms with E-state index < -0.39 is 29.6 Å². The number of thioether (sulfide) groups is 1. The van der Waals surface area contributed by atoms with E-state index in [1.165, 1.54) is 12.1 Å². The van der Waals surface area contributed by atoms with Gasteiger partial charge in [-0.15, -0.1) is 11.6 Å². The molecule has 0 fully saturated rings. The Labute approximate surface area is 116 Å². The Morgan fingerprint density at radius 2 is 1.95 bits per heavy atom. The van der Waals surface area contributed by atoms with Crippen LogP contribution < -0.4 is 4.74 Å². The number of halogens is 6. The van der Waals surface area contributed by atoms with Crippen molar-refractivity contribution < 1.29 is 26.7 Å². The summed E-state index contributed by atoms with van der Waals surface area (Å²) in [4.78, 5) is -0.387. The third-order valence-corrected chi connectivity index (χ3v) is 3.10. The minimum atomic E-state index is -4.56. The topological polar surface area (TPSA) is 9.23 Å². The Hall–Kier alpha value is -0.690. The number of benzene rings is 1. The summed E-state index contributed by atoms with van der Waals surface area (Å²) in [6.07, 6.45) is 1.08. The first-order chi connectivity index (χ1) is 8.81. The summed E-state index contributed by atoms with van der Waals surface area (Å²) in [5.74, 6) is -0.0891. The van der Waals surface area contributed by atoms with Crippen molar-refractivity contribution in [1.29, 1.82) is 0 Å². The van der Waals surface area contributed by atoms with Crippen molar-refractivity contribution in [3.63, 3.8) is 0 Å². The summed E-state index contributed by atoms with van der Waals surface area (Å²) >= 11 is 5.01. The van der Waals surface area contributed by atoms with Crippen molar-refractivity contribution >= 4 is 23.4 Å². The predicted molar refractivity (Wildman–Crippen MR) is 64.0 cm³/mol. The third kappa shape index (κ3) is 6.33. The summed E-state index contributed by atoms with van der Waals surface area (Å²) in [5, 5.41) is 0. The van der Waals surface area contributed by atoms with Gasteiger partial charge in [0.25, 0.3) is 0 Å². The fourth-order valence-electron chi connectivity index (χ4n) is 1.38. The number of ether oxygens (including phenoxy) is 1. The molecule has 0 aliphatic heterocycles. The summed E-state index contributed by atoms with van der Waals surface area (Å²) < 4.78 is 65.3. The maximum atomic E-state index is 12.3. The van der Waals surface area contributed by atoms with Crippen molar-refractivity contribution in [1.82, 2.24) is 0 Å². The lowest BCUT2D eigenvalue weighted by Gasteiger charge is -2.13. The standard InChI is InChI=1S/C11H10ClF5OS/c12-5-1-2-7-3-4-9(19-11(15,16)17)8(6-7)18-10(13)14/h3-4,6,10H,1-2,5H2. The quantitative estimate of drug-likeness (QED) is 0.411. The van der Waals surface area contributed by atoms with Gasteiger partial charge in [0.2, 0.25) is 0 Å². The molecule has 0 bridgehead atoms.